The summed E-state index contributed by atoms with van der Waals surface area (Å²) >= 11 is 0. The van der Waals surface area contributed by atoms with Crippen LogP contribution in [0.3, 0.4) is 0 Å². The summed E-state index contributed by atoms with van der Waals surface area (Å²) in [5, 5.41) is 31.4. The molecular weight excluding hydrogens is 1100 g/mol. The van der Waals surface area contributed by atoms with E-state index in [0.29, 0.717) is 44.2 Å². The number of nitrogens with zero attached hydrogens (tertiary/aromatic N) is 5. The summed E-state index contributed by atoms with van der Waals surface area (Å²) in [6.07, 6.45) is 5.42. The van der Waals surface area contributed by atoms with E-state index >= 15 is 0 Å². The van der Waals surface area contributed by atoms with Crippen molar-refractivity contribution in [1.82, 2.24) is 62.3 Å². The molecule has 32 nitrogen and oxygen atoms in total. The molecule has 470 valence electrons. The Morgan fingerprint density at radius 1 is 0.643 bits per heavy atom. The number of unbranched alkanes of at least 4 members (excludes halogenated alkanes) is 1. The van der Waals surface area contributed by atoms with Gasteiger partial charge in [0.25, 0.3) is 0 Å². The van der Waals surface area contributed by atoms with Crippen LogP contribution in [0.15, 0.2) is 22.5 Å². The molecule has 0 unspecified atom stereocenters. The van der Waals surface area contributed by atoms with Crippen LogP contribution in [0.1, 0.15) is 117 Å². The highest BCUT2D eigenvalue weighted by Crippen LogP contribution is 2.22. The van der Waals surface area contributed by atoms with E-state index in [0.717, 1.165) is 0 Å². The molecule has 0 radical (unpaired) electrons. The molecule has 1 aromatic heterocycles. The fourth-order valence-electron chi connectivity index (χ4n) is 9.66. The Morgan fingerprint density at radius 2 is 1.15 bits per heavy atom. The minimum Gasteiger partial charge on any atom is -0.394 e. The molecule has 0 spiro atoms. The highest BCUT2D eigenvalue weighted by Gasteiger charge is 2.40. The number of primary amides is 1. The van der Waals surface area contributed by atoms with Gasteiger partial charge in [0.15, 0.2) is 11.9 Å². The average Bonchev–Trinajstić information content (AvgIpc) is 4.39. The molecule has 84 heavy (non-hydrogen) atoms. The second kappa shape index (κ2) is 35.7. The number of nitrogens with two attached hydrogens (primary N) is 6. The van der Waals surface area contributed by atoms with Crippen molar-refractivity contribution in [2.24, 2.45) is 56.2 Å². The number of aliphatic imine (C=N–C) groups is 2. The van der Waals surface area contributed by atoms with Crippen molar-refractivity contribution >= 4 is 76.9 Å². The Kier molecular flexibility index (Phi) is 29.8. The van der Waals surface area contributed by atoms with Gasteiger partial charge in [0.2, 0.25) is 65.0 Å². The van der Waals surface area contributed by atoms with E-state index in [1.165, 1.54) is 29.2 Å². The van der Waals surface area contributed by atoms with Crippen molar-refractivity contribution < 1.29 is 57.8 Å². The van der Waals surface area contributed by atoms with Gasteiger partial charge in [-0.1, -0.05) is 27.7 Å². The standard InChI is InChI=1S/C52H90N20O12/c1-28(2)22-35(67-44(78)33(13-8-18-60-51(55)56)66-48(82)39-16-11-21-72(39)50(84)34(64-30(5)74)14-9-19-61-52(57)58)45(79)69-37(26-73)47(81)68-36(23-31-24-59-27-63-31)46(80)65-32(12-6-7-17-53)43(77)62-25-40(75)71-20-10-15-38(71)49(83)70-41(29(3)4)42(54)76/h24,27-29,32-39,41,73H,6-23,25-26,53H2,1-5H3,(H2,54,76)(H,59,63)(H,62,77)(H,64,74)(H,65,80)(H,66,82)(H,67,78)(H,68,81)(H,69,79)(H,70,83)(H4,55,56,60)(H4,57,58,61)/t32-,33-,34-,35-,36-,37-,38-,39-,41-/m0/s1. The molecule has 1 aromatic rings. The third-order valence-corrected chi connectivity index (χ3v) is 13.9. The fraction of sp³-hybridized carbons (Fsp3) is 0.692. The predicted octanol–water partition coefficient (Wildman–Crippen LogP) is -6.12. The van der Waals surface area contributed by atoms with Gasteiger partial charge in [-0.2, -0.15) is 0 Å². The first-order chi connectivity index (χ1) is 39.8. The Balaban J connectivity index is 1.81. The number of nitrogens with one attached hydrogen (secondary N) is 9. The van der Waals surface area contributed by atoms with Crippen molar-refractivity contribution in [3.8, 4) is 0 Å². The summed E-state index contributed by atoms with van der Waals surface area (Å²) in [7, 11) is 0. The third kappa shape index (κ3) is 23.6. The summed E-state index contributed by atoms with van der Waals surface area (Å²) in [5.41, 5.74) is 33.5. The maximum atomic E-state index is 14.3. The maximum Gasteiger partial charge on any atom is 0.245 e. The van der Waals surface area contributed by atoms with Crippen molar-refractivity contribution in [1.29, 1.82) is 0 Å². The van der Waals surface area contributed by atoms with E-state index in [-0.39, 0.29) is 101 Å². The van der Waals surface area contributed by atoms with Gasteiger partial charge < -0.3 is 96.8 Å². The van der Waals surface area contributed by atoms with E-state index < -0.39 is 133 Å². The van der Waals surface area contributed by atoms with Crippen LogP contribution >= 0.6 is 0 Å². The second-order valence-corrected chi connectivity index (χ2v) is 21.6. The van der Waals surface area contributed by atoms with Gasteiger partial charge in [0, 0.05) is 51.4 Å². The van der Waals surface area contributed by atoms with Gasteiger partial charge >= 0.3 is 0 Å². The lowest BCUT2D eigenvalue weighted by molar-refractivity contribution is -0.142. The van der Waals surface area contributed by atoms with Crippen molar-refractivity contribution in [3.63, 3.8) is 0 Å². The maximum absolute atomic E-state index is 14.3. The number of hydrogen-bond acceptors (Lipinski definition) is 16. The first-order valence-corrected chi connectivity index (χ1v) is 28.4. The van der Waals surface area contributed by atoms with Gasteiger partial charge in [-0.3, -0.25) is 62.7 Å². The van der Waals surface area contributed by atoms with E-state index in [1.54, 1.807) is 27.7 Å². The Morgan fingerprint density at radius 3 is 1.70 bits per heavy atom. The molecule has 2 aliphatic rings. The molecule has 3 heterocycles. The number of hydrogen-bond donors (Lipinski definition) is 16. The van der Waals surface area contributed by atoms with Gasteiger partial charge in [0.05, 0.1) is 19.5 Å². The van der Waals surface area contributed by atoms with E-state index in [4.69, 9.17) is 34.4 Å². The topological polar surface area (TPSA) is 520 Å². The largest absolute Gasteiger partial charge is 0.394 e. The number of H-pyrrole nitrogens is 1. The first kappa shape index (κ1) is 70.1. The molecule has 2 fully saturated rings. The number of amides is 11. The summed E-state index contributed by atoms with van der Waals surface area (Å²) in [6, 6.07) is -11.1. The van der Waals surface area contributed by atoms with Crippen LogP contribution in [-0.2, 0) is 59.2 Å². The van der Waals surface area contributed by atoms with Crippen molar-refractivity contribution in [3.05, 3.63) is 18.2 Å². The average molecular weight is 1190 g/mol. The zero-order valence-electron chi connectivity index (χ0n) is 48.8. The molecule has 22 N–H and O–H groups in total. The van der Waals surface area contributed by atoms with Crippen LogP contribution in [0.25, 0.3) is 0 Å². The smallest absolute Gasteiger partial charge is 0.245 e. The van der Waals surface area contributed by atoms with Crippen LogP contribution in [-0.4, -0.2) is 202 Å². The van der Waals surface area contributed by atoms with Gasteiger partial charge in [0.1, 0.15) is 54.4 Å². The SMILES string of the molecule is CC(=O)N[C@@H](CCCN=C(N)N)C(=O)N1CCC[C@H]1C(=O)N[C@@H](CCCN=C(N)N)C(=O)N[C@@H](CC(C)C)C(=O)N[C@@H](CO)C(=O)N[C@@H](Cc1cnc[nH]1)C(=O)N[C@@H](CCCCN)C(=O)NCC(=O)N1CCC[C@H]1C(=O)N[C@H](C(N)=O)C(C)C. The molecule has 11 amide bonds. The number of imidazole rings is 1. The molecule has 32 heteroatoms. The molecular formula is C52H90N20O12. The van der Waals surface area contributed by atoms with Crippen molar-refractivity contribution in [2.45, 2.75) is 172 Å². The summed E-state index contributed by atoms with van der Waals surface area (Å²) in [6.45, 7) is 7.54. The van der Waals surface area contributed by atoms with Crippen LogP contribution < -0.4 is 76.9 Å². The third-order valence-electron chi connectivity index (χ3n) is 13.9. The zero-order chi connectivity index (χ0) is 62.6. The zero-order valence-corrected chi connectivity index (χ0v) is 48.8. The molecule has 2 aliphatic heterocycles. The molecule has 3 rings (SSSR count). The number of likely N-dealkylation sites (tertiary alicyclic amines) is 2. The van der Waals surface area contributed by atoms with E-state index in [9.17, 15) is 57.8 Å². The quantitative estimate of drug-likeness (QED) is 0.0169. The highest BCUT2D eigenvalue weighted by atomic mass is 16.3. The van der Waals surface area contributed by atoms with Gasteiger partial charge in [-0.25, -0.2) is 4.98 Å². The van der Waals surface area contributed by atoms with E-state index in [2.05, 4.69) is 62.5 Å². The Labute approximate surface area is 488 Å². The Bertz CT molecular complexity index is 2450. The molecule has 9 atom stereocenters. The normalized spacial score (nSPS) is 17.2. The monoisotopic (exact) mass is 1190 g/mol. The number of aliphatic hydroxyl groups excluding tert-OH is 1. The number of aromatic amines is 1. The van der Waals surface area contributed by atoms with Gasteiger partial charge in [-0.15, -0.1) is 0 Å². The molecule has 2 saturated heterocycles. The summed E-state index contributed by atoms with van der Waals surface area (Å²) in [5.74, 6) is -8.91. The van der Waals surface area contributed by atoms with Crippen LogP contribution in [0.4, 0.5) is 0 Å². The molecule has 0 aliphatic carbocycles. The minimum atomic E-state index is -1.71. The molecule has 0 bridgehead atoms. The number of aromatic nitrogens is 2. The first-order valence-electron chi connectivity index (χ1n) is 28.4. The minimum absolute atomic E-state index is 0.00167. The fourth-order valence-corrected chi connectivity index (χ4v) is 9.66. The lowest BCUT2D eigenvalue weighted by Gasteiger charge is -2.30. The van der Waals surface area contributed by atoms with E-state index in [1.807, 2.05) is 0 Å². The van der Waals surface area contributed by atoms with Crippen LogP contribution in [0.5, 0.6) is 0 Å². The highest BCUT2D eigenvalue weighted by molar-refractivity contribution is 5.99. The molecule has 0 saturated carbocycles. The van der Waals surface area contributed by atoms with Crippen molar-refractivity contribution in [2.75, 3.05) is 45.9 Å². The summed E-state index contributed by atoms with van der Waals surface area (Å²) in [4.78, 5) is 167. The number of carbonyl (C=O) groups excluding carboxylic acids is 11. The van der Waals surface area contributed by atoms with Crippen LogP contribution in [0, 0.1) is 11.8 Å². The van der Waals surface area contributed by atoms with Gasteiger partial charge in [-0.05, 0) is 95.4 Å². The second-order valence-electron chi connectivity index (χ2n) is 21.6. The van der Waals surface area contributed by atoms with Crippen LogP contribution in [0.2, 0.25) is 0 Å². The number of carbonyl (C=O) groups is 11. The lowest BCUT2D eigenvalue weighted by Crippen LogP contribution is -2.61. The number of guanidine groups is 2. The molecule has 0 aromatic carbocycles. The predicted molar refractivity (Wildman–Crippen MR) is 307 cm³/mol. The number of aliphatic hydroxyl groups is 1. The number of rotatable bonds is 36. The Hall–Kier alpha value is -8.16. The lowest BCUT2D eigenvalue weighted by atomic mass is 10.0. The summed E-state index contributed by atoms with van der Waals surface area (Å²) < 4.78 is 0.